The van der Waals surface area contributed by atoms with Crippen molar-refractivity contribution in [1.29, 1.82) is 0 Å². The minimum Gasteiger partial charge on any atom is -0.386 e. The first-order chi connectivity index (χ1) is 8.96. The highest BCUT2D eigenvalue weighted by Gasteiger charge is 2.49. The van der Waals surface area contributed by atoms with E-state index in [1.807, 2.05) is 0 Å². The monoisotopic (exact) mass is 267 g/mol. The minimum atomic E-state index is -0.995. The summed E-state index contributed by atoms with van der Waals surface area (Å²) in [6.07, 6.45) is 7.23. The molecule has 0 radical (unpaired) electrons. The molecule has 2 N–H and O–H groups in total. The summed E-state index contributed by atoms with van der Waals surface area (Å²) in [5, 5.41) is 21.1. The van der Waals surface area contributed by atoms with Crippen LogP contribution in [0.3, 0.4) is 0 Å². The van der Waals surface area contributed by atoms with Crippen molar-refractivity contribution in [3.8, 4) is 0 Å². The van der Waals surface area contributed by atoms with Gasteiger partial charge in [-0.25, -0.2) is 0 Å². The standard InChI is InChI=1S/C16H29NO2/c1-4-5-7-12(2)10-13-11-17-9-6-8-14(17)16(3,19)15(13)18/h10,12,14-15,18-19H,4-9,11H2,1-3H3/b13-10+/t12-,14-,15+,16+/m0/s1. The van der Waals surface area contributed by atoms with E-state index in [2.05, 4.69) is 24.8 Å². The van der Waals surface area contributed by atoms with E-state index in [1.165, 1.54) is 12.8 Å². The topological polar surface area (TPSA) is 43.7 Å². The summed E-state index contributed by atoms with van der Waals surface area (Å²) in [5.74, 6) is 0.486. The van der Waals surface area contributed by atoms with Gasteiger partial charge in [-0.05, 0) is 44.2 Å². The van der Waals surface area contributed by atoms with Crippen molar-refractivity contribution in [1.82, 2.24) is 4.90 Å². The maximum atomic E-state index is 10.6. The van der Waals surface area contributed by atoms with Crippen LogP contribution in [0.4, 0.5) is 0 Å². The van der Waals surface area contributed by atoms with Gasteiger partial charge in [-0.2, -0.15) is 0 Å². The van der Waals surface area contributed by atoms with E-state index >= 15 is 0 Å². The van der Waals surface area contributed by atoms with E-state index in [9.17, 15) is 10.2 Å². The van der Waals surface area contributed by atoms with Gasteiger partial charge in [0.05, 0.1) is 0 Å². The molecule has 0 aromatic heterocycles. The first-order valence-corrected chi connectivity index (χ1v) is 7.82. The number of allylic oxidation sites excluding steroid dienone is 1. The number of piperidine rings is 1. The fourth-order valence-corrected chi connectivity index (χ4v) is 3.67. The SMILES string of the molecule is CCCC[C@H](C)/C=C1\CN2CCC[C@H]2[C@@](C)(O)[C@@H]1O. The van der Waals surface area contributed by atoms with Gasteiger partial charge in [0.1, 0.15) is 11.7 Å². The first kappa shape index (κ1) is 15.0. The normalized spacial score (nSPS) is 39.5. The molecule has 0 aliphatic carbocycles. The first-order valence-electron chi connectivity index (χ1n) is 7.82. The Bertz CT molecular complexity index is 338. The fraction of sp³-hybridized carbons (Fsp3) is 0.875. The summed E-state index contributed by atoms with van der Waals surface area (Å²) in [6, 6.07) is 0.130. The smallest absolute Gasteiger partial charge is 0.107 e. The lowest BCUT2D eigenvalue weighted by atomic mass is 9.80. The van der Waals surface area contributed by atoms with Gasteiger partial charge in [-0.15, -0.1) is 0 Å². The minimum absolute atomic E-state index is 0.130. The van der Waals surface area contributed by atoms with Gasteiger partial charge in [-0.1, -0.05) is 32.8 Å². The molecule has 110 valence electrons. The van der Waals surface area contributed by atoms with Crippen LogP contribution >= 0.6 is 0 Å². The second-order valence-electron chi connectivity index (χ2n) is 6.62. The van der Waals surface area contributed by atoms with Gasteiger partial charge >= 0.3 is 0 Å². The second-order valence-corrected chi connectivity index (χ2v) is 6.62. The summed E-state index contributed by atoms with van der Waals surface area (Å²) >= 11 is 0. The molecule has 0 saturated carbocycles. The third-order valence-electron chi connectivity index (χ3n) is 4.84. The molecular formula is C16H29NO2. The van der Waals surface area contributed by atoms with Crippen LogP contribution in [0.25, 0.3) is 0 Å². The average Bonchev–Trinajstić information content (AvgIpc) is 2.82. The number of aliphatic hydroxyl groups is 2. The van der Waals surface area contributed by atoms with E-state index in [0.29, 0.717) is 5.92 Å². The number of hydrogen-bond donors (Lipinski definition) is 2. The maximum Gasteiger partial charge on any atom is 0.107 e. The van der Waals surface area contributed by atoms with E-state index in [-0.39, 0.29) is 6.04 Å². The van der Waals surface area contributed by atoms with Gasteiger partial charge in [0.25, 0.3) is 0 Å². The van der Waals surface area contributed by atoms with Crippen LogP contribution in [-0.2, 0) is 0 Å². The highest BCUT2D eigenvalue weighted by molar-refractivity contribution is 5.23. The zero-order valence-corrected chi connectivity index (χ0v) is 12.6. The number of rotatable bonds is 4. The van der Waals surface area contributed by atoms with Crippen LogP contribution in [0, 0.1) is 5.92 Å². The summed E-state index contributed by atoms with van der Waals surface area (Å²) in [5.41, 5.74) is 0.0252. The molecule has 2 aliphatic heterocycles. The van der Waals surface area contributed by atoms with Gasteiger partial charge < -0.3 is 10.2 Å². The van der Waals surface area contributed by atoms with Crippen molar-refractivity contribution in [3.05, 3.63) is 11.6 Å². The zero-order chi connectivity index (χ0) is 14.0. The van der Waals surface area contributed by atoms with Crippen molar-refractivity contribution in [3.63, 3.8) is 0 Å². The predicted molar refractivity (Wildman–Crippen MR) is 78.0 cm³/mol. The molecule has 2 fully saturated rings. The Hall–Kier alpha value is -0.380. The largest absolute Gasteiger partial charge is 0.386 e. The summed E-state index contributed by atoms with van der Waals surface area (Å²) in [4.78, 5) is 2.34. The Balaban J connectivity index is 2.10. The second kappa shape index (κ2) is 5.94. The number of nitrogens with zero attached hydrogens (tertiary/aromatic N) is 1. The molecule has 0 amide bonds. The molecule has 2 rings (SSSR count). The Morgan fingerprint density at radius 2 is 2.26 bits per heavy atom. The molecule has 2 saturated heterocycles. The molecule has 3 heteroatoms. The van der Waals surface area contributed by atoms with Crippen molar-refractivity contribution < 1.29 is 10.2 Å². The lowest BCUT2D eigenvalue weighted by Crippen LogP contribution is -2.61. The van der Waals surface area contributed by atoms with Crippen LogP contribution in [0.1, 0.15) is 52.9 Å². The van der Waals surface area contributed by atoms with E-state index in [1.54, 1.807) is 6.92 Å². The van der Waals surface area contributed by atoms with Gasteiger partial charge in [0.2, 0.25) is 0 Å². The summed E-state index contributed by atoms with van der Waals surface area (Å²) in [7, 11) is 0. The molecule has 0 aromatic rings. The molecule has 0 spiro atoms. The highest BCUT2D eigenvalue weighted by Crippen LogP contribution is 2.37. The summed E-state index contributed by atoms with van der Waals surface area (Å²) < 4.78 is 0. The van der Waals surface area contributed by atoms with Crippen molar-refractivity contribution in [2.75, 3.05) is 13.1 Å². The number of unbranched alkanes of at least 4 members (excludes halogenated alkanes) is 1. The number of aliphatic hydroxyl groups excluding tert-OH is 1. The third-order valence-corrected chi connectivity index (χ3v) is 4.84. The molecule has 0 bridgehead atoms. The van der Waals surface area contributed by atoms with Crippen LogP contribution in [-0.4, -0.2) is 45.9 Å². The van der Waals surface area contributed by atoms with Gasteiger partial charge in [0.15, 0.2) is 0 Å². The van der Waals surface area contributed by atoms with Crippen molar-refractivity contribution in [2.24, 2.45) is 5.92 Å². The zero-order valence-electron chi connectivity index (χ0n) is 12.6. The Morgan fingerprint density at radius 3 is 2.95 bits per heavy atom. The number of hydrogen-bond acceptors (Lipinski definition) is 3. The Kier molecular flexibility index (Phi) is 4.70. The van der Waals surface area contributed by atoms with E-state index in [4.69, 9.17) is 0 Å². The molecule has 0 aromatic carbocycles. The lowest BCUT2D eigenvalue weighted by Gasteiger charge is -2.46. The molecule has 2 heterocycles. The summed E-state index contributed by atoms with van der Waals surface area (Å²) in [6.45, 7) is 8.09. The molecular weight excluding hydrogens is 238 g/mol. The van der Waals surface area contributed by atoms with E-state index < -0.39 is 11.7 Å². The van der Waals surface area contributed by atoms with Crippen molar-refractivity contribution >= 4 is 0 Å². The van der Waals surface area contributed by atoms with Crippen LogP contribution in [0.2, 0.25) is 0 Å². The van der Waals surface area contributed by atoms with E-state index in [0.717, 1.165) is 37.9 Å². The molecule has 2 aliphatic rings. The molecule has 3 nitrogen and oxygen atoms in total. The van der Waals surface area contributed by atoms with Gasteiger partial charge in [0, 0.05) is 12.6 Å². The highest BCUT2D eigenvalue weighted by atomic mass is 16.3. The Morgan fingerprint density at radius 1 is 1.53 bits per heavy atom. The van der Waals surface area contributed by atoms with Crippen molar-refractivity contribution in [2.45, 2.75) is 70.6 Å². The quantitative estimate of drug-likeness (QED) is 0.768. The predicted octanol–water partition coefficient (Wildman–Crippen LogP) is 2.33. The fourth-order valence-electron chi connectivity index (χ4n) is 3.67. The average molecular weight is 267 g/mol. The molecule has 0 unspecified atom stereocenters. The molecule has 19 heavy (non-hydrogen) atoms. The van der Waals surface area contributed by atoms with Gasteiger partial charge in [-0.3, -0.25) is 4.90 Å². The van der Waals surface area contributed by atoms with Crippen LogP contribution in [0.15, 0.2) is 11.6 Å². The number of fused-ring (bicyclic) bond motifs is 1. The van der Waals surface area contributed by atoms with Crippen LogP contribution in [0.5, 0.6) is 0 Å². The van der Waals surface area contributed by atoms with Crippen LogP contribution < -0.4 is 0 Å². The Labute approximate surface area is 117 Å². The lowest BCUT2D eigenvalue weighted by molar-refractivity contribution is -0.110. The third kappa shape index (κ3) is 3.04. The molecule has 4 atom stereocenters. The maximum absolute atomic E-state index is 10.6.